The molecule has 0 radical (unpaired) electrons. The van der Waals surface area contributed by atoms with Crippen molar-refractivity contribution in [3.8, 4) is 11.5 Å². The van der Waals surface area contributed by atoms with E-state index in [9.17, 15) is 0 Å². The third kappa shape index (κ3) is 4.35. The lowest BCUT2D eigenvalue weighted by atomic mass is 10.2. The largest absolute Gasteiger partial charge is 0.419 e. The second-order valence-corrected chi connectivity index (χ2v) is 8.50. The minimum atomic E-state index is -0.0188. The number of thioether (sulfide) groups is 1. The van der Waals surface area contributed by atoms with E-state index < -0.39 is 0 Å². The predicted molar refractivity (Wildman–Crippen MR) is 108 cm³/mol. The number of hydrogen-bond acceptors (Lipinski definition) is 8. The van der Waals surface area contributed by atoms with Gasteiger partial charge in [0.25, 0.3) is 0 Å². The molecule has 0 aliphatic rings. The van der Waals surface area contributed by atoms with Crippen LogP contribution in [0.15, 0.2) is 63.4 Å². The number of aryl methyl sites for hydroxylation is 1. The summed E-state index contributed by atoms with van der Waals surface area (Å²) in [7, 11) is 0. The molecule has 8 heteroatoms. The standard InChI is InChI=1S/C19H17N5OS2/c1-12-7-6-10-15(11-12)20-18-23-24-19(27-18)26-13(2)16-21-22-17(25-16)14-8-4-3-5-9-14/h3-11,13H,1-2H3,(H,20,23)/t13-/m0/s1. The molecule has 1 N–H and O–H groups in total. The zero-order chi connectivity index (χ0) is 18.6. The molecule has 2 heterocycles. The molecule has 0 spiro atoms. The molecular weight excluding hydrogens is 378 g/mol. The molecule has 0 aliphatic heterocycles. The number of rotatable bonds is 6. The van der Waals surface area contributed by atoms with Crippen molar-refractivity contribution < 1.29 is 4.42 Å². The van der Waals surface area contributed by atoms with Crippen LogP contribution in [0.5, 0.6) is 0 Å². The summed E-state index contributed by atoms with van der Waals surface area (Å²) < 4.78 is 6.66. The summed E-state index contributed by atoms with van der Waals surface area (Å²) in [5, 5.41) is 20.8. The second-order valence-electron chi connectivity index (χ2n) is 5.94. The van der Waals surface area contributed by atoms with Crippen LogP contribution < -0.4 is 5.32 Å². The Balaban J connectivity index is 1.42. The highest BCUT2D eigenvalue weighted by molar-refractivity contribution is 8.01. The normalized spacial score (nSPS) is 12.1. The molecule has 0 unspecified atom stereocenters. The van der Waals surface area contributed by atoms with Gasteiger partial charge in [0.2, 0.25) is 16.9 Å². The fourth-order valence-corrected chi connectivity index (χ4v) is 4.40. The zero-order valence-corrected chi connectivity index (χ0v) is 16.4. The molecule has 1 atom stereocenters. The number of anilines is 2. The fourth-order valence-electron chi connectivity index (χ4n) is 2.45. The minimum Gasteiger partial charge on any atom is -0.419 e. The Bertz CT molecular complexity index is 1030. The van der Waals surface area contributed by atoms with Crippen molar-refractivity contribution in [3.63, 3.8) is 0 Å². The van der Waals surface area contributed by atoms with Crippen LogP contribution in [0.1, 0.15) is 23.6 Å². The highest BCUT2D eigenvalue weighted by atomic mass is 32.2. The highest BCUT2D eigenvalue weighted by Crippen LogP contribution is 2.38. The van der Waals surface area contributed by atoms with Crippen LogP contribution in [0.2, 0.25) is 0 Å². The Hall–Kier alpha value is -2.71. The Kier molecular flexibility index (Phi) is 5.17. The van der Waals surface area contributed by atoms with Crippen LogP contribution in [-0.4, -0.2) is 20.4 Å². The monoisotopic (exact) mass is 395 g/mol. The highest BCUT2D eigenvalue weighted by Gasteiger charge is 2.18. The average molecular weight is 396 g/mol. The number of aromatic nitrogens is 4. The lowest BCUT2D eigenvalue weighted by Gasteiger charge is -2.03. The maximum Gasteiger partial charge on any atom is 0.247 e. The van der Waals surface area contributed by atoms with Crippen molar-refractivity contribution in [1.82, 2.24) is 20.4 Å². The number of nitrogens with one attached hydrogen (secondary N) is 1. The van der Waals surface area contributed by atoms with Crippen molar-refractivity contribution in [2.45, 2.75) is 23.4 Å². The second kappa shape index (κ2) is 7.89. The van der Waals surface area contributed by atoms with Gasteiger partial charge in [0.1, 0.15) is 0 Å². The summed E-state index contributed by atoms with van der Waals surface area (Å²) in [5.41, 5.74) is 3.10. The molecule has 0 saturated heterocycles. The summed E-state index contributed by atoms with van der Waals surface area (Å²) in [6, 6.07) is 17.9. The van der Waals surface area contributed by atoms with E-state index in [1.807, 2.05) is 49.4 Å². The van der Waals surface area contributed by atoms with Gasteiger partial charge in [-0.2, -0.15) is 0 Å². The lowest BCUT2D eigenvalue weighted by molar-refractivity contribution is 0.509. The van der Waals surface area contributed by atoms with Crippen molar-refractivity contribution in [1.29, 1.82) is 0 Å². The first kappa shape index (κ1) is 17.7. The van der Waals surface area contributed by atoms with E-state index in [-0.39, 0.29) is 5.25 Å². The van der Waals surface area contributed by atoms with Gasteiger partial charge in [-0.1, -0.05) is 53.4 Å². The quantitative estimate of drug-likeness (QED) is 0.432. The Morgan fingerprint density at radius 2 is 1.85 bits per heavy atom. The summed E-state index contributed by atoms with van der Waals surface area (Å²) in [6.45, 7) is 4.07. The van der Waals surface area contributed by atoms with Gasteiger partial charge in [-0.15, -0.1) is 20.4 Å². The summed E-state index contributed by atoms with van der Waals surface area (Å²) >= 11 is 3.05. The number of hydrogen-bond donors (Lipinski definition) is 1. The van der Waals surface area contributed by atoms with Crippen molar-refractivity contribution >= 4 is 33.9 Å². The minimum absolute atomic E-state index is 0.0188. The van der Waals surface area contributed by atoms with Crippen molar-refractivity contribution in [2.75, 3.05) is 5.32 Å². The molecule has 6 nitrogen and oxygen atoms in total. The van der Waals surface area contributed by atoms with Crippen LogP contribution in [0.3, 0.4) is 0 Å². The van der Waals surface area contributed by atoms with Gasteiger partial charge >= 0.3 is 0 Å². The zero-order valence-electron chi connectivity index (χ0n) is 14.8. The Morgan fingerprint density at radius 3 is 2.67 bits per heavy atom. The first-order chi connectivity index (χ1) is 13.2. The summed E-state index contributed by atoms with van der Waals surface area (Å²) in [6.07, 6.45) is 0. The van der Waals surface area contributed by atoms with E-state index in [0.717, 1.165) is 20.7 Å². The third-order valence-electron chi connectivity index (χ3n) is 3.76. The topological polar surface area (TPSA) is 76.7 Å². The van der Waals surface area contributed by atoms with E-state index in [4.69, 9.17) is 4.42 Å². The van der Waals surface area contributed by atoms with Crippen LogP contribution in [0, 0.1) is 6.92 Å². The van der Waals surface area contributed by atoms with Gasteiger partial charge < -0.3 is 9.73 Å². The molecule has 0 amide bonds. The van der Waals surface area contributed by atoms with Crippen LogP contribution in [0.4, 0.5) is 10.8 Å². The summed E-state index contributed by atoms with van der Waals surface area (Å²) in [5.74, 6) is 1.10. The van der Waals surface area contributed by atoms with E-state index in [1.165, 1.54) is 16.9 Å². The number of nitrogens with zero attached hydrogens (tertiary/aromatic N) is 4. The average Bonchev–Trinajstić information content (AvgIpc) is 3.32. The lowest BCUT2D eigenvalue weighted by Crippen LogP contribution is -1.89. The molecule has 2 aromatic carbocycles. The molecule has 0 saturated carbocycles. The first-order valence-electron chi connectivity index (χ1n) is 8.40. The molecule has 4 aromatic rings. The van der Waals surface area contributed by atoms with Gasteiger partial charge in [-0.25, -0.2) is 0 Å². The molecule has 27 heavy (non-hydrogen) atoms. The van der Waals surface area contributed by atoms with Crippen LogP contribution >= 0.6 is 23.1 Å². The first-order valence-corrected chi connectivity index (χ1v) is 10.1. The van der Waals surface area contributed by atoms with Gasteiger partial charge in [0.05, 0.1) is 5.25 Å². The molecule has 0 aliphatic carbocycles. The predicted octanol–water partition coefficient (Wildman–Crippen LogP) is 5.49. The maximum absolute atomic E-state index is 5.82. The maximum atomic E-state index is 5.82. The molecular formula is C19H17N5OS2. The molecule has 0 bridgehead atoms. The van der Waals surface area contributed by atoms with Crippen molar-refractivity contribution in [3.05, 3.63) is 66.1 Å². The van der Waals surface area contributed by atoms with E-state index in [1.54, 1.807) is 11.8 Å². The van der Waals surface area contributed by atoms with Gasteiger partial charge in [0, 0.05) is 11.3 Å². The molecule has 4 rings (SSSR count). The molecule has 0 fully saturated rings. The number of benzene rings is 2. The van der Waals surface area contributed by atoms with Crippen LogP contribution in [0.25, 0.3) is 11.5 Å². The van der Waals surface area contributed by atoms with E-state index in [2.05, 4.69) is 44.8 Å². The Morgan fingerprint density at radius 1 is 1.00 bits per heavy atom. The van der Waals surface area contributed by atoms with Gasteiger partial charge in [-0.05, 0) is 43.7 Å². The molecule has 2 aromatic heterocycles. The van der Waals surface area contributed by atoms with Crippen LogP contribution in [-0.2, 0) is 0 Å². The SMILES string of the molecule is Cc1cccc(Nc2nnc(S[C@@H](C)c3nnc(-c4ccccc4)o3)s2)c1. The summed E-state index contributed by atoms with van der Waals surface area (Å²) in [4.78, 5) is 0. The van der Waals surface area contributed by atoms with Crippen molar-refractivity contribution in [2.24, 2.45) is 0 Å². The fraction of sp³-hybridized carbons (Fsp3) is 0.158. The Labute approximate surface area is 165 Å². The van der Waals surface area contributed by atoms with E-state index >= 15 is 0 Å². The smallest absolute Gasteiger partial charge is 0.247 e. The van der Waals surface area contributed by atoms with Gasteiger partial charge in [-0.3, -0.25) is 0 Å². The molecule has 136 valence electrons. The van der Waals surface area contributed by atoms with E-state index in [0.29, 0.717) is 11.8 Å². The van der Waals surface area contributed by atoms with Gasteiger partial charge in [0.15, 0.2) is 4.34 Å². The third-order valence-corrected chi connectivity index (χ3v) is 5.77.